The van der Waals surface area contributed by atoms with Gasteiger partial charge in [0.15, 0.2) is 5.78 Å². The van der Waals surface area contributed by atoms with Crippen LogP contribution in [0.25, 0.3) is 0 Å². The first kappa shape index (κ1) is 21.1. The molecule has 0 radical (unpaired) electrons. The lowest BCUT2D eigenvalue weighted by molar-refractivity contribution is -0.134. The zero-order valence-corrected chi connectivity index (χ0v) is 16.8. The normalized spacial score (nSPS) is 18.2. The predicted molar refractivity (Wildman–Crippen MR) is 107 cm³/mol. The standard InChI is InChI=1S/C21H29N3O5/c1-15(22-21(27)28)20(26)24-12-10-23(11-13-24)9-2-14-29-18-7-5-17(6-8-18)19(25)16-3-4-16/h5-8,15-16,22H,2-4,9-14H2,1H3,(H,27,28)/t15-/m0/s1. The Morgan fingerprint density at radius 3 is 2.38 bits per heavy atom. The third kappa shape index (κ3) is 6.19. The summed E-state index contributed by atoms with van der Waals surface area (Å²) < 4.78 is 5.77. The maximum Gasteiger partial charge on any atom is 0.405 e. The molecule has 1 aliphatic heterocycles. The molecular weight excluding hydrogens is 374 g/mol. The number of ketones is 1. The van der Waals surface area contributed by atoms with Crippen LogP contribution in [0.4, 0.5) is 4.79 Å². The highest BCUT2D eigenvalue weighted by Gasteiger charge is 2.30. The van der Waals surface area contributed by atoms with Crippen molar-refractivity contribution >= 4 is 17.8 Å². The van der Waals surface area contributed by atoms with Crippen molar-refractivity contribution in [1.82, 2.24) is 15.1 Å². The molecule has 29 heavy (non-hydrogen) atoms. The van der Waals surface area contributed by atoms with Gasteiger partial charge in [-0.05, 0) is 50.5 Å². The van der Waals surface area contributed by atoms with Crippen LogP contribution in [0.5, 0.6) is 5.75 Å². The summed E-state index contributed by atoms with van der Waals surface area (Å²) in [6, 6.07) is 6.66. The highest BCUT2D eigenvalue weighted by atomic mass is 16.5. The van der Waals surface area contributed by atoms with Gasteiger partial charge in [0, 0.05) is 44.2 Å². The fourth-order valence-corrected chi connectivity index (χ4v) is 3.49. The van der Waals surface area contributed by atoms with E-state index in [1.807, 2.05) is 24.3 Å². The second-order valence-electron chi connectivity index (χ2n) is 7.70. The highest BCUT2D eigenvalue weighted by Crippen LogP contribution is 2.32. The van der Waals surface area contributed by atoms with Crippen LogP contribution in [0.1, 0.15) is 36.5 Å². The minimum atomic E-state index is -1.19. The first-order chi connectivity index (χ1) is 13.9. The lowest BCUT2D eigenvalue weighted by atomic mass is 10.1. The molecule has 2 aliphatic rings. The molecule has 3 rings (SSSR count). The smallest absolute Gasteiger partial charge is 0.405 e. The SMILES string of the molecule is C[C@H](NC(=O)O)C(=O)N1CCN(CCCOc2ccc(C(=O)C3CC3)cc2)CC1. The fourth-order valence-electron chi connectivity index (χ4n) is 3.49. The Morgan fingerprint density at radius 2 is 1.79 bits per heavy atom. The van der Waals surface area contributed by atoms with Crippen LogP contribution in [-0.4, -0.2) is 78.1 Å². The Morgan fingerprint density at radius 1 is 1.14 bits per heavy atom. The number of hydrogen-bond acceptors (Lipinski definition) is 5. The second kappa shape index (κ2) is 9.73. The van der Waals surface area contributed by atoms with Gasteiger partial charge in [-0.2, -0.15) is 0 Å². The van der Waals surface area contributed by atoms with Crippen LogP contribution in [-0.2, 0) is 4.79 Å². The summed E-state index contributed by atoms with van der Waals surface area (Å²) in [6.07, 6.45) is 1.71. The first-order valence-electron chi connectivity index (χ1n) is 10.2. The summed E-state index contributed by atoms with van der Waals surface area (Å²) >= 11 is 0. The molecular formula is C21H29N3O5. The Hall–Kier alpha value is -2.61. The second-order valence-corrected chi connectivity index (χ2v) is 7.70. The van der Waals surface area contributed by atoms with E-state index in [-0.39, 0.29) is 17.6 Å². The number of rotatable bonds is 9. The third-order valence-corrected chi connectivity index (χ3v) is 5.37. The monoisotopic (exact) mass is 403 g/mol. The van der Waals surface area contributed by atoms with Gasteiger partial charge in [-0.1, -0.05) is 0 Å². The number of hydrogen-bond donors (Lipinski definition) is 2. The van der Waals surface area contributed by atoms with Crippen molar-refractivity contribution in [2.75, 3.05) is 39.3 Å². The molecule has 1 heterocycles. The van der Waals surface area contributed by atoms with E-state index in [2.05, 4.69) is 10.2 Å². The summed E-state index contributed by atoms with van der Waals surface area (Å²) in [5.74, 6) is 1.06. The number of nitrogens with zero attached hydrogens (tertiary/aromatic N) is 2. The average Bonchev–Trinajstić information content (AvgIpc) is 3.56. The molecule has 1 atom stereocenters. The van der Waals surface area contributed by atoms with E-state index in [1.165, 1.54) is 0 Å². The first-order valence-corrected chi connectivity index (χ1v) is 10.2. The maximum absolute atomic E-state index is 12.2. The van der Waals surface area contributed by atoms with Crippen LogP contribution in [0.2, 0.25) is 0 Å². The van der Waals surface area contributed by atoms with E-state index in [1.54, 1.807) is 11.8 Å². The van der Waals surface area contributed by atoms with Gasteiger partial charge in [0.25, 0.3) is 0 Å². The quantitative estimate of drug-likeness (QED) is 0.482. The van der Waals surface area contributed by atoms with Gasteiger partial charge < -0.3 is 20.1 Å². The van der Waals surface area contributed by atoms with Crippen molar-refractivity contribution in [3.63, 3.8) is 0 Å². The number of benzene rings is 1. The average molecular weight is 403 g/mol. The van der Waals surface area contributed by atoms with Gasteiger partial charge in [-0.25, -0.2) is 4.79 Å². The number of carbonyl (C=O) groups is 3. The number of carbonyl (C=O) groups excluding carboxylic acids is 2. The molecule has 158 valence electrons. The van der Waals surface area contributed by atoms with Gasteiger partial charge in [0.05, 0.1) is 6.61 Å². The molecule has 0 aromatic heterocycles. The molecule has 0 unspecified atom stereocenters. The minimum absolute atomic E-state index is 0.181. The van der Waals surface area contributed by atoms with E-state index in [9.17, 15) is 14.4 Å². The van der Waals surface area contributed by atoms with Gasteiger partial charge in [-0.15, -0.1) is 0 Å². The van der Waals surface area contributed by atoms with Crippen LogP contribution >= 0.6 is 0 Å². The van der Waals surface area contributed by atoms with E-state index in [0.29, 0.717) is 19.7 Å². The van der Waals surface area contributed by atoms with Gasteiger partial charge in [-0.3, -0.25) is 14.5 Å². The molecule has 2 fully saturated rings. The molecule has 1 saturated heterocycles. The number of carboxylic acid groups (broad SMARTS) is 1. The third-order valence-electron chi connectivity index (χ3n) is 5.37. The Kier molecular flexibility index (Phi) is 7.09. The molecule has 1 aliphatic carbocycles. The zero-order chi connectivity index (χ0) is 20.8. The van der Waals surface area contributed by atoms with E-state index < -0.39 is 12.1 Å². The molecule has 2 amide bonds. The molecule has 0 spiro atoms. The summed E-state index contributed by atoms with van der Waals surface area (Å²) in [5, 5.41) is 10.9. The Labute approximate surface area is 170 Å². The fraction of sp³-hybridized carbons (Fsp3) is 0.571. The Bertz CT molecular complexity index is 724. The van der Waals surface area contributed by atoms with Crippen molar-refractivity contribution in [2.45, 2.75) is 32.2 Å². The van der Waals surface area contributed by atoms with Crippen molar-refractivity contribution < 1.29 is 24.2 Å². The number of nitrogens with one attached hydrogen (secondary N) is 1. The number of ether oxygens (including phenoxy) is 1. The minimum Gasteiger partial charge on any atom is -0.494 e. The Balaban J connectivity index is 1.31. The molecule has 0 bridgehead atoms. The van der Waals surface area contributed by atoms with E-state index in [0.717, 1.165) is 50.2 Å². The van der Waals surface area contributed by atoms with Crippen molar-refractivity contribution in [2.24, 2.45) is 5.92 Å². The lowest BCUT2D eigenvalue weighted by Gasteiger charge is -2.35. The van der Waals surface area contributed by atoms with Gasteiger partial charge in [0.2, 0.25) is 5.91 Å². The molecule has 1 aromatic rings. The maximum atomic E-state index is 12.2. The highest BCUT2D eigenvalue weighted by molar-refractivity contribution is 5.99. The summed E-state index contributed by atoms with van der Waals surface area (Å²) in [6.45, 7) is 5.77. The zero-order valence-electron chi connectivity index (χ0n) is 16.8. The summed E-state index contributed by atoms with van der Waals surface area (Å²) in [5.41, 5.74) is 0.764. The largest absolute Gasteiger partial charge is 0.494 e. The molecule has 1 aromatic carbocycles. The number of amides is 2. The molecule has 8 nitrogen and oxygen atoms in total. The lowest BCUT2D eigenvalue weighted by Crippen LogP contribution is -2.54. The van der Waals surface area contributed by atoms with Crippen molar-refractivity contribution in [3.05, 3.63) is 29.8 Å². The number of piperazine rings is 1. The summed E-state index contributed by atoms with van der Waals surface area (Å²) in [7, 11) is 0. The predicted octanol–water partition coefficient (Wildman–Crippen LogP) is 1.85. The van der Waals surface area contributed by atoms with Crippen molar-refractivity contribution in [3.8, 4) is 5.75 Å². The van der Waals surface area contributed by atoms with E-state index in [4.69, 9.17) is 9.84 Å². The topological polar surface area (TPSA) is 99.2 Å². The van der Waals surface area contributed by atoms with Crippen LogP contribution in [0, 0.1) is 5.92 Å². The van der Waals surface area contributed by atoms with Crippen LogP contribution in [0.15, 0.2) is 24.3 Å². The number of Topliss-reactive ketones (excluding diaryl/α,β-unsaturated/α-hetero) is 1. The molecule has 2 N–H and O–H groups in total. The van der Waals surface area contributed by atoms with E-state index >= 15 is 0 Å². The van der Waals surface area contributed by atoms with Gasteiger partial charge >= 0.3 is 6.09 Å². The van der Waals surface area contributed by atoms with Crippen molar-refractivity contribution in [1.29, 1.82) is 0 Å². The van der Waals surface area contributed by atoms with Gasteiger partial charge in [0.1, 0.15) is 11.8 Å². The summed E-state index contributed by atoms with van der Waals surface area (Å²) in [4.78, 5) is 38.8. The van der Waals surface area contributed by atoms with Crippen LogP contribution in [0.3, 0.4) is 0 Å². The molecule has 8 heteroatoms. The molecule has 1 saturated carbocycles. The van der Waals surface area contributed by atoms with Crippen LogP contribution < -0.4 is 10.1 Å².